The number of halogens is 1. The van der Waals surface area contributed by atoms with Crippen LogP contribution in [0, 0.1) is 5.92 Å². The molecule has 0 unspecified atom stereocenters. The third kappa shape index (κ3) is 3.57. The summed E-state index contributed by atoms with van der Waals surface area (Å²) in [6, 6.07) is 4.22. The normalized spacial score (nSPS) is 11.1. The highest BCUT2D eigenvalue weighted by molar-refractivity contribution is 9.11. The molecule has 0 saturated heterocycles. The summed E-state index contributed by atoms with van der Waals surface area (Å²) in [6.45, 7) is 6.20. The number of thiophene rings is 1. The molecule has 0 bridgehead atoms. The van der Waals surface area contributed by atoms with Crippen molar-refractivity contribution in [1.29, 1.82) is 0 Å². The van der Waals surface area contributed by atoms with Crippen molar-refractivity contribution in [3.05, 3.63) is 33.2 Å². The first-order valence-corrected chi connectivity index (χ1v) is 7.25. The van der Waals surface area contributed by atoms with Crippen LogP contribution in [0.4, 0.5) is 5.95 Å². The molecule has 0 fully saturated rings. The lowest BCUT2D eigenvalue weighted by Crippen LogP contribution is -2.12. The topological polar surface area (TPSA) is 29.9 Å². The van der Waals surface area contributed by atoms with Gasteiger partial charge in [-0.25, -0.2) is 4.98 Å². The van der Waals surface area contributed by atoms with Crippen molar-refractivity contribution < 1.29 is 0 Å². The van der Waals surface area contributed by atoms with Crippen LogP contribution in [0.25, 0.3) is 0 Å². The SMILES string of the molecule is CC(C)CNc1nccn1Cc1ccc(Br)s1. The molecule has 92 valence electrons. The second-order valence-corrected chi connectivity index (χ2v) is 6.91. The number of hydrogen-bond donors (Lipinski definition) is 1. The highest BCUT2D eigenvalue weighted by Crippen LogP contribution is 2.23. The Balaban J connectivity index is 2.03. The molecular weight excluding hydrogens is 298 g/mol. The summed E-state index contributed by atoms with van der Waals surface area (Å²) in [4.78, 5) is 5.66. The van der Waals surface area contributed by atoms with Crippen molar-refractivity contribution in [2.24, 2.45) is 5.92 Å². The van der Waals surface area contributed by atoms with E-state index in [9.17, 15) is 0 Å². The van der Waals surface area contributed by atoms with Crippen LogP contribution >= 0.6 is 27.3 Å². The van der Waals surface area contributed by atoms with E-state index in [1.165, 1.54) is 8.66 Å². The van der Waals surface area contributed by atoms with Gasteiger partial charge in [0.2, 0.25) is 5.95 Å². The lowest BCUT2D eigenvalue weighted by Gasteiger charge is -2.10. The van der Waals surface area contributed by atoms with Crippen molar-refractivity contribution >= 4 is 33.2 Å². The molecule has 17 heavy (non-hydrogen) atoms. The number of hydrogen-bond acceptors (Lipinski definition) is 3. The van der Waals surface area contributed by atoms with E-state index in [0.717, 1.165) is 19.0 Å². The fourth-order valence-corrected chi connectivity index (χ4v) is 2.99. The number of anilines is 1. The van der Waals surface area contributed by atoms with E-state index in [-0.39, 0.29) is 0 Å². The van der Waals surface area contributed by atoms with Gasteiger partial charge in [-0.15, -0.1) is 11.3 Å². The predicted molar refractivity (Wildman–Crippen MR) is 76.7 cm³/mol. The van der Waals surface area contributed by atoms with Gasteiger partial charge in [-0.2, -0.15) is 0 Å². The molecule has 2 rings (SSSR count). The molecule has 2 aromatic rings. The summed E-state index contributed by atoms with van der Waals surface area (Å²) in [6.07, 6.45) is 3.85. The van der Waals surface area contributed by atoms with Crippen molar-refractivity contribution in [2.45, 2.75) is 20.4 Å². The summed E-state index contributed by atoms with van der Waals surface area (Å²) >= 11 is 5.24. The molecule has 2 heterocycles. The van der Waals surface area contributed by atoms with Crippen molar-refractivity contribution in [3.63, 3.8) is 0 Å². The molecule has 0 aromatic carbocycles. The minimum Gasteiger partial charge on any atom is -0.355 e. The molecular formula is C12H16BrN3S. The van der Waals surface area contributed by atoms with Crippen LogP contribution in [0.15, 0.2) is 28.3 Å². The zero-order valence-electron chi connectivity index (χ0n) is 9.98. The van der Waals surface area contributed by atoms with Crippen LogP contribution in [-0.4, -0.2) is 16.1 Å². The average molecular weight is 314 g/mol. The van der Waals surface area contributed by atoms with Gasteiger partial charge in [0, 0.05) is 23.8 Å². The molecule has 0 spiro atoms. The first-order chi connectivity index (χ1) is 8.15. The van der Waals surface area contributed by atoms with Crippen molar-refractivity contribution in [2.75, 3.05) is 11.9 Å². The van der Waals surface area contributed by atoms with Gasteiger partial charge in [0.1, 0.15) is 0 Å². The Labute approximate surface area is 114 Å². The Kier molecular flexibility index (Phi) is 4.23. The van der Waals surface area contributed by atoms with Crippen LogP contribution in [0.3, 0.4) is 0 Å². The Hall–Kier alpha value is -0.810. The largest absolute Gasteiger partial charge is 0.355 e. The Morgan fingerprint density at radius 1 is 1.47 bits per heavy atom. The van der Waals surface area contributed by atoms with E-state index >= 15 is 0 Å². The molecule has 0 aliphatic rings. The van der Waals surface area contributed by atoms with Gasteiger partial charge in [-0.3, -0.25) is 0 Å². The number of nitrogens with one attached hydrogen (secondary N) is 1. The molecule has 0 aliphatic carbocycles. The smallest absolute Gasteiger partial charge is 0.203 e. The number of nitrogens with zero attached hydrogens (tertiary/aromatic N) is 2. The van der Waals surface area contributed by atoms with Crippen molar-refractivity contribution in [3.8, 4) is 0 Å². The summed E-state index contributed by atoms with van der Waals surface area (Å²) in [7, 11) is 0. The Morgan fingerprint density at radius 2 is 2.29 bits per heavy atom. The summed E-state index contributed by atoms with van der Waals surface area (Å²) < 4.78 is 3.31. The monoisotopic (exact) mass is 313 g/mol. The van der Waals surface area contributed by atoms with Gasteiger partial charge in [-0.05, 0) is 34.0 Å². The maximum atomic E-state index is 4.34. The predicted octanol–water partition coefficient (Wildman–Crippen LogP) is 3.82. The highest BCUT2D eigenvalue weighted by atomic mass is 79.9. The molecule has 2 aromatic heterocycles. The second kappa shape index (κ2) is 5.69. The average Bonchev–Trinajstić information content (AvgIpc) is 2.86. The molecule has 0 atom stereocenters. The van der Waals surface area contributed by atoms with E-state index in [1.807, 2.05) is 12.4 Å². The van der Waals surface area contributed by atoms with Crippen molar-refractivity contribution in [1.82, 2.24) is 9.55 Å². The fourth-order valence-electron chi connectivity index (χ4n) is 1.50. The molecule has 5 heteroatoms. The Bertz CT molecular complexity index is 476. The lowest BCUT2D eigenvalue weighted by molar-refractivity contribution is 0.677. The van der Waals surface area contributed by atoms with Gasteiger partial charge in [0.05, 0.1) is 10.3 Å². The summed E-state index contributed by atoms with van der Waals surface area (Å²) in [5.74, 6) is 1.57. The third-order valence-electron chi connectivity index (χ3n) is 2.34. The van der Waals surface area contributed by atoms with Gasteiger partial charge in [0.25, 0.3) is 0 Å². The maximum Gasteiger partial charge on any atom is 0.203 e. The quantitative estimate of drug-likeness (QED) is 0.909. The number of rotatable bonds is 5. The van der Waals surface area contributed by atoms with Crippen LogP contribution in [-0.2, 0) is 6.54 Å². The zero-order valence-corrected chi connectivity index (χ0v) is 12.4. The maximum absolute atomic E-state index is 4.34. The molecule has 1 N–H and O–H groups in total. The minimum atomic E-state index is 0.621. The van der Waals surface area contributed by atoms with Gasteiger partial charge in [0.15, 0.2) is 0 Å². The number of imidazole rings is 1. The van der Waals surface area contributed by atoms with Crippen LogP contribution in [0.1, 0.15) is 18.7 Å². The van der Waals surface area contributed by atoms with E-state index in [4.69, 9.17) is 0 Å². The van der Waals surface area contributed by atoms with Gasteiger partial charge >= 0.3 is 0 Å². The Morgan fingerprint density at radius 3 is 2.94 bits per heavy atom. The summed E-state index contributed by atoms with van der Waals surface area (Å²) in [5, 5.41) is 3.36. The third-order valence-corrected chi connectivity index (χ3v) is 3.95. The minimum absolute atomic E-state index is 0.621. The van der Waals surface area contributed by atoms with E-state index in [0.29, 0.717) is 5.92 Å². The molecule has 0 aliphatic heterocycles. The standard InChI is InChI=1S/C12H16BrN3S/c1-9(2)7-15-12-14-5-6-16(12)8-10-3-4-11(13)17-10/h3-6,9H,7-8H2,1-2H3,(H,14,15). The highest BCUT2D eigenvalue weighted by Gasteiger charge is 2.05. The van der Waals surface area contributed by atoms with Gasteiger partial charge < -0.3 is 9.88 Å². The fraction of sp³-hybridized carbons (Fsp3) is 0.417. The molecule has 0 amide bonds. The second-order valence-electron chi connectivity index (χ2n) is 4.36. The molecule has 0 saturated carbocycles. The zero-order chi connectivity index (χ0) is 12.3. The first kappa shape index (κ1) is 12.6. The van der Waals surface area contributed by atoms with E-state index < -0.39 is 0 Å². The van der Waals surface area contributed by atoms with Crippen LogP contribution in [0.5, 0.6) is 0 Å². The molecule has 3 nitrogen and oxygen atoms in total. The van der Waals surface area contributed by atoms with E-state index in [1.54, 1.807) is 11.3 Å². The van der Waals surface area contributed by atoms with Crippen LogP contribution in [0.2, 0.25) is 0 Å². The molecule has 0 radical (unpaired) electrons. The lowest BCUT2D eigenvalue weighted by atomic mass is 10.2. The first-order valence-electron chi connectivity index (χ1n) is 5.64. The van der Waals surface area contributed by atoms with Crippen LogP contribution < -0.4 is 5.32 Å². The number of aromatic nitrogens is 2. The van der Waals surface area contributed by atoms with E-state index in [2.05, 4.69) is 56.8 Å². The summed E-state index contributed by atoms with van der Waals surface area (Å²) in [5.41, 5.74) is 0. The van der Waals surface area contributed by atoms with Gasteiger partial charge in [-0.1, -0.05) is 13.8 Å².